The van der Waals surface area contributed by atoms with Crippen LogP contribution in [-0.2, 0) is 21.3 Å². The highest BCUT2D eigenvalue weighted by molar-refractivity contribution is 9.11. The van der Waals surface area contributed by atoms with Crippen LogP contribution in [0.5, 0.6) is 0 Å². The van der Waals surface area contributed by atoms with Gasteiger partial charge in [0.05, 0.1) is 10.4 Å². The minimum absolute atomic E-state index is 0.264. The van der Waals surface area contributed by atoms with Gasteiger partial charge in [-0.1, -0.05) is 0 Å². The zero-order chi connectivity index (χ0) is 13.8. The molecule has 1 atom stereocenters. The van der Waals surface area contributed by atoms with Crippen LogP contribution < -0.4 is 10.0 Å². The molecule has 0 saturated carbocycles. The van der Waals surface area contributed by atoms with E-state index in [2.05, 4.69) is 26.0 Å². The molecule has 1 unspecified atom stereocenters. The first kappa shape index (κ1) is 16.1. The van der Waals surface area contributed by atoms with E-state index in [1.807, 2.05) is 7.05 Å². The van der Waals surface area contributed by atoms with Crippen molar-refractivity contribution in [1.29, 1.82) is 0 Å². The molecule has 0 fully saturated rings. The molecular weight excluding hydrogens is 340 g/mol. The van der Waals surface area contributed by atoms with Gasteiger partial charge in [-0.25, -0.2) is 13.1 Å². The van der Waals surface area contributed by atoms with Crippen molar-refractivity contribution in [1.82, 2.24) is 10.0 Å². The number of sulfonamides is 1. The molecule has 2 N–H and O–H groups in total. The van der Waals surface area contributed by atoms with Crippen molar-refractivity contribution in [2.24, 2.45) is 0 Å². The van der Waals surface area contributed by atoms with Crippen LogP contribution in [0.15, 0.2) is 14.7 Å². The van der Waals surface area contributed by atoms with Crippen molar-refractivity contribution < 1.29 is 13.2 Å². The monoisotopic (exact) mass is 356 g/mol. The van der Waals surface area contributed by atoms with Crippen LogP contribution >= 0.6 is 27.3 Å². The van der Waals surface area contributed by atoms with Gasteiger partial charge in [-0.2, -0.15) is 0 Å². The summed E-state index contributed by atoms with van der Waals surface area (Å²) in [5, 5.41) is 2.99. The molecule has 0 bridgehead atoms. The van der Waals surface area contributed by atoms with Crippen molar-refractivity contribution in [2.45, 2.75) is 24.4 Å². The maximum absolute atomic E-state index is 12.1. The molecule has 1 heterocycles. The van der Waals surface area contributed by atoms with Gasteiger partial charge < -0.3 is 10.1 Å². The van der Waals surface area contributed by atoms with Crippen LogP contribution in [-0.4, -0.2) is 35.2 Å². The molecular formula is C10H17BrN2O3S2. The summed E-state index contributed by atoms with van der Waals surface area (Å²) in [6.45, 7) is 2.74. The highest BCUT2D eigenvalue weighted by atomic mass is 79.9. The second-order valence-electron chi connectivity index (χ2n) is 3.86. The van der Waals surface area contributed by atoms with Crippen LogP contribution in [0.1, 0.15) is 11.8 Å². The molecule has 1 aromatic heterocycles. The first-order chi connectivity index (χ1) is 8.40. The Morgan fingerprint density at radius 3 is 2.78 bits per heavy atom. The molecule has 8 heteroatoms. The van der Waals surface area contributed by atoms with Crippen LogP contribution in [0.2, 0.25) is 0 Å². The summed E-state index contributed by atoms with van der Waals surface area (Å²) < 4.78 is 32.4. The molecule has 5 nitrogen and oxygen atoms in total. The van der Waals surface area contributed by atoms with Crippen molar-refractivity contribution in [3.8, 4) is 0 Å². The summed E-state index contributed by atoms with van der Waals surface area (Å²) in [5.41, 5.74) is 0. The molecule has 104 valence electrons. The second kappa shape index (κ2) is 6.97. The zero-order valence-electron chi connectivity index (χ0n) is 10.5. The fourth-order valence-corrected chi connectivity index (χ4v) is 5.38. The van der Waals surface area contributed by atoms with Gasteiger partial charge in [-0.05, 0) is 36.0 Å². The highest BCUT2D eigenvalue weighted by Crippen LogP contribution is 2.31. The van der Waals surface area contributed by atoms with E-state index in [0.717, 1.165) is 4.88 Å². The smallest absolute Gasteiger partial charge is 0.242 e. The Bertz CT molecular complexity index is 487. The summed E-state index contributed by atoms with van der Waals surface area (Å²) in [6, 6.07) is 1.41. The maximum Gasteiger partial charge on any atom is 0.242 e. The minimum Gasteiger partial charge on any atom is -0.383 e. The Morgan fingerprint density at radius 1 is 1.56 bits per heavy atom. The number of halogens is 1. The van der Waals surface area contributed by atoms with E-state index in [1.165, 1.54) is 18.4 Å². The van der Waals surface area contributed by atoms with Gasteiger partial charge in [0, 0.05) is 24.6 Å². The Hall–Kier alpha value is 0.01000. The number of rotatable bonds is 7. The van der Waals surface area contributed by atoms with E-state index in [0.29, 0.717) is 16.9 Å². The zero-order valence-corrected chi connectivity index (χ0v) is 13.7. The molecule has 1 aromatic rings. The summed E-state index contributed by atoms with van der Waals surface area (Å²) in [5.74, 6) is 0. The third-order valence-electron chi connectivity index (χ3n) is 2.12. The number of nitrogens with one attached hydrogen (secondary N) is 2. The predicted molar refractivity (Wildman–Crippen MR) is 76.4 cm³/mol. The van der Waals surface area contributed by atoms with Crippen molar-refractivity contribution >= 4 is 37.3 Å². The number of ether oxygens (including phenoxy) is 1. The van der Waals surface area contributed by atoms with Crippen LogP contribution in [0.4, 0.5) is 0 Å². The average Bonchev–Trinajstić information content (AvgIpc) is 2.60. The fourth-order valence-electron chi connectivity index (χ4n) is 1.45. The molecule has 0 aliphatic heterocycles. The van der Waals surface area contributed by atoms with Crippen LogP contribution in [0.25, 0.3) is 0 Å². The molecule has 0 aliphatic carbocycles. The first-order valence-electron chi connectivity index (χ1n) is 5.34. The summed E-state index contributed by atoms with van der Waals surface area (Å²) >= 11 is 4.70. The molecule has 1 rings (SSSR count). The quantitative estimate of drug-likeness (QED) is 0.777. The third-order valence-corrected chi connectivity index (χ3v) is 5.96. The van der Waals surface area contributed by atoms with Gasteiger partial charge in [-0.15, -0.1) is 11.3 Å². The Labute approximate surface area is 120 Å². The largest absolute Gasteiger partial charge is 0.383 e. The lowest BCUT2D eigenvalue weighted by molar-refractivity contribution is 0.180. The standard InChI is InChI=1S/C10H17BrN2O3S2/c1-7(6-16-3)13-18(14,15)9-4-8(5-12-2)17-10(9)11/h4,7,12-13H,5-6H2,1-3H3. The number of thiophene rings is 1. The lowest BCUT2D eigenvalue weighted by Gasteiger charge is -2.12. The summed E-state index contributed by atoms with van der Waals surface area (Å²) in [4.78, 5) is 1.24. The molecule has 0 aromatic carbocycles. The van der Waals surface area contributed by atoms with Crippen molar-refractivity contribution in [3.05, 3.63) is 14.7 Å². The van der Waals surface area contributed by atoms with E-state index >= 15 is 0 Å². The lowest BCUT2D eigenvalue weighted by Crippen LogP contribution is -2.35. The van der Waals surface area contributed by atoms with E-state index in [9.17, 15) is 8.42 Å². The number of hydrogen-bond donors (Lipinski definition) is 2. The minimum atomic E-state index is -3.50. The first-order valence-corrected chi connectivity index (χ1v) is 8.44. The maximum atomic E-state index is 12.1. The Morgan fingerprint density at radius 2 is 2.22 bits per heavy atom. The molecule has 0 amide bonds. The fraction of sp³-hybridized carbons (Fsp3) is 0.600. The van der Waals surface area contributed by atoms with E-state index < -0.39 is 10.0 Å². The summed E-state index contributed by atoms with van der Waals surface area (Å²) in [7, 11) is -0.146. The van der Waals surface area contributed by atoms with E-state index in [-0.39, 0.29) is 10.9 Å². The third kappa shape index (κ3) is 4.29. The topological polar surface area (TPSA) is 67.4 Å². The lowest BCUT2D eigenvalue weighted by atomic mass is 10.4. The number of methoxy groups -OCH3 is 1. The highest BCUT2D eigenvalue weighted by Gasteiger charge is 2.22. The number of hydrogen-bond acceptors (Lipinski definition) is 5. The molecule has 0 aliphatic rings. The van der Waals surface area contributed by atoms with E-state index in [4.69, 9.17) is 4.74 Å². The molecule has 0 radical (unpaired) electrons. The van der Waals surface area contributed by atoms with Gasteiger partial charge in [0.2, 0.25) is 10.0 Å². The molecule has 0 spiro atoms. The average molecular weight is 357 g/mol. The van der Waals surface area contributed by atoms with Crippen molar-refractivity contribution in [2.75, 3.05) is 20.8 Å². The van der Waals surface area contributed by atoms with Gasteiger partial charge in [-0.3, -0.25) is 0 Å². The SMILES string of the molecule is CNCc1cc(S(=O)(=O)NC(C)COC)c(Br)s1. The second-order valence-corrected chi connectivity index (χ2v) is 8.00. The predicted octanol–water partition coefficient (Wildman–Crippen LogP) is 1.54. The molecule has 18 heavy (non-hydrogen) atoms. The van der Waals surface area contributed by atoms with Crippen molar-refractivity contribution in [3.63, 3.8) is 0 Å². The molecule has 0 saturated heterocycles. The van der Waals surface area contributed by atoms with Gasteiger partial charge in [0.15, 0.2) is 0 Å². The van der Waals surface area contributed by atoms with Crippen LogP contribution in [0, 0.1) is 0 Å². The van der Waals surface area contributed by atoms with Gasteiger partial charge >= 0.3 is 0 Å². The summed E-state index contributed by atoms with van der Waals surface area (Å²) in [6.07, 6.45) is 0. The normalized spacial score (nSPS) is 13.8. The van der Waals surface area contributed by atoms with Gasteiger partial charge in [0.25, 0.3) is 0 Å². The van der Waals surface area contributed by atoms with Gasteiger partial charge in [0.1, 0.15) is 4.90 Å². The van der Waals surface area contributed by atoms with E-state index in [1.54, 1.807) is 13.0 Å². The Balaban J connectivity index is 2.90. The Kier molecular flexibility index (Phi) is 6.22. The van der Waals surface area contributed by atoms with Crippen LogP contribution in [0.3, 0.4) is 0 Å².